The van der Waals surface area contributed by atoms with Crippen molar-refractivity contribution in [3.8, 4) is 0 Å². The van der Waals surface area contributed by atoms with Gasteiger partial charge in [0.1, 0.15) is 0 Å². The molecular weight excluding hydrogens is 291 g/mol. The number of hydrogen-bond acceptors (Lipinski definition) is 1. The second kappa shape index (κ2) is 7.47. The van der Waals surface area contributed by atoms with E-state index in [0.29, 0.717) is 19.4 Å². The number of alkyl halides is 3. The van der Waals surface area contributed by atoms with Crippen LogP contribution < -0.4 is 0 Å². The highest BCUT2D eigenvalue weighted by Gasteiger charge is 2.42. The third-order valence-corrected chi connectivity index (χ3v) is 3.87. The molecule has 1 amide bonds. The lowest BCUT2D eigenvalue weighted by Crippen LogP contribution is -2.44. The molecule has 1 fully saturated rings. The van der Waals surface area contributed by atoms with Gasteiger partial charge in [0, 0.05) is 19.5 Å². The van der Waals surface area contributed by atoms with Gasteiger partial charge in [0.2, 0.25) is 5.91 Å². The topological polar surface area (TPSA) is 20.3 Å². The fraction of sp³-hybridized carbons (Fsp3) is 0.471. The number of halogens is 3. The molecule has 0 radical (unpaired) electrons. The molecule has 0 aromatic heterocycles. The zero-order valence-electron chi connectivity index (χ0n) is 12.4. The summed E-state index contributed by atoms with van der Waals surface area (Å²) >= 11 is 0. The van der Waals surface area contributed by atoms with Gasteiger partial charge in [-0.2, -0.15) is 13.2 Å². The van der Waals surface area contributed by atoms with E-state index >= 15 is 0 Å². The smallest absolute Gasteiger partial charge is 0.342 e. The van der Waals surface area contributed by atoms with Gasteiger partial charge in [-0.25, -0.2) is 0 Å². The van der Waals surface area contributed by atoms with Crippen LogP contribution in [-0.4, -0.2) is 30.1 Å². The van der Waals surface area contributed by atoms with Crippen molar-refractivity contribution in [2.45, 2.75) is 31.9 Å². The summed E-state index contributed by atoms with van der Waals surface area (Å²) in [5.74, 6) is -1.56. The van der Waals surface area contributed by atoms with E-state index in [4.69, 9.17) is 0 Å². The molecule has 1 atom stereocenters. The average Bonchev–Trinajstić information content (AvgIpc) is 2.52. The Labute approximate surface area is 128 Å². The number of carbonyl (C=O) groups excluding carboxylic acids is 1. The van der Waals surface area contributed by atoms with Crippen molar-refractivity contribution in [3.63, 3.8) is 0 Å². The molecule has 2 rings (SSSR count). The quantitative estimate of drug-likeness (QED) is 0.812. The van der Waals surface area contributed by atoms with Crippen molar-refractivity contribution >= 4 is 12.0 Å². The van der Waals surface area contributed by atoms with Crippen molar-refractivity contribution in [3.05, 3.63) is 42.0 Å². The van der Waals surface area contributed by atoms with Crippen LogP contribution in [0.15, 0.2) is 36.4 Å². The molecule has 1 saturated heterocycles. The van der Waals surface area contributed by atoms with E-state index < -0.39 is 12.1 Å². The number of benzene rings is 1. The molecular formula is C17H20F3NO. The number of carbonyl (C=O) groups is 1. The second-order valence-corrected chi connectivity index (χ2v) is 5.57. The first-order chi connectivity index (χ1) is 10.5. The summed E-state index contributed by atoms with van der Waals surface area (Å²) in [5.41, 5.74) is 1.05. The van der Waals surface area contributed by atoms with Crippen molar-refractivity contribution in [2.75, 3.05) is 13.1 Å². The van der Waals surface area contributed by atoms with E-state index in [1.54, 1.807) is 0 Å². The predicted octanol–water partition coefficient (Wildman–Crippen LogP) is 4.28. The first-order valence-corrected chi connectivity index (χ1v) is 7.53. The SMILES string of the molecule is O=C(CCC=Cc1ccccc1)N1CCCC(C(F)(F)F)C1. The highest BCUT2D eigenvalue weighted by Crippen LogP contribution is 2.33. The summed E-state index contributed by atoms with van der Waals surface area (Å²) in [4.78, 5) is 13.4. The molecule has 0 saturated carbocycles. The summed E-state index contributed by atoms with van der Waals surface area (Å²) in [6.45, 7) is 0.249. The molecule has 0 bridgehead atoms. The van der Waals surface area contributed by atoms with Crippen LogP contribution in [0.2, 0.25) is 0 Å². The monoisotopic (exact) mass is 311 g/mol. The van der Waals surface area contributed by atoms with E-state index in [0.717, 1.165) is 5.56 Å². The molecule has 0 N–H and O–H groups in total. The van der Waals surface area contributed by atoms with Crippen molar-refractivity contribution in [1.29, 1.82) is 0 Å². The van der Waals surface area contributed by atoms with E-state index in [2.05, 4.69) is 0 Å². The second-order valence-electron chi connectivity index (χ2n) is 5.57. The highest BCUT2D eigenvalue weighted by molar-refractivity contribution is 5.76. The van der Waals surface area contributed by atoms with Crippen LogP contribution in [0, 0.1) is 5.92 Å². The molecule has 1 aromatic rings. The zero-order valence-corrected chi connectivity index (χ0v) is 12.4. The largest absolute Gasteiger partial charge is 0.393 e. The van der Waals surface area contributed by atoms with Gasteiger partial charge < -0.3 is 4.90 Å². The normalized spacial score (nSPS) is 19.6. The number of rotatable bonds is 4. The van der Waals surface area contributed by atoms with Crippen LogP contribution in [0.25, 0.3) is 6.08 Å². The summed E-state index contributed by atoms with van der Waals surface area (Å²) in [6, 6.07) is 9.69. The Hall–Kier alpha value is -1.78. The standard InChI is InChI=1S/C17H20F3NO/c18-17(19,20)15-10-6-12-21(13-15)16(22)11-5-4-9-14-7-2-1-3-8-14/h1-4,7-9,15H,5-6,10-13H2. The van der Waals surface area contributed by atoms with Gasteiger partial charge in [0.25, 0.3) is 0 Å². The minimum Gasteiger partial charge on any atom is -0.342 e. The molecule has 0 spiro atoms. The molecule has 1 aliphatic heterocycles. The molecule has 0 aliphatic carbocycles. The Bertz CT molecular complexity index is 510. The van der Waals surface area contributed by atoms with Gasteiger partial charge >= 0.3 is 6.18 Å². The number of piperidine rings is 1. The lowest BCUT2D eigenvalue weighted by atomic mass is 9.97. The predicted molar refractivity (Wildman–Crippen MR) is 80.1 cm³/mol. The average molecular weight is 311 g/mol. The van der Waals surface area contributed by atoms with Crippen molar-refractivity contribution < 1.29 is 18.0 Å². The zero-order chi connectivity index (χ0) is 16.0. The maximum absolute atomic E-state index is 12.7. The summed E-state index contributed by atoms with van der Waals surface area (Å²) < 4.78 is 38.2. The number of hydrogen-bond donors (Lipinski definition) is 0. The Morgan fingerprint density at radius 1 is 1.27 bits per heavy atom. The fourth-order valence-corrected chi connectivity index (χ4v) is 2.62. The molecule has 1 aromatic carbocycles. The molecule has 1 unspecified atom stereocenters. The number of nitrogens with zero attached hydrogens (tertiary/aromatic N) is 1. The molecule has 2 nitrogen and oxygen atoms in total. The van der Waals surface area contributed by atoms with Gasteiger partial charge in [-0.15, -0.1) is 0 Å². The summed E-state index contributed by atoms with van der Waals surface area (Å²) in [5, 5.41) is 0. The van der Waals surface area contributed by atoms with Crippen LogP contribution in [0.3, 0.4) is 0 Å². The summed E-state index contributed by atoms with van der Waals surface area (Å²) in [6.07, 6.45) is 0.957. The van der Waals surface area contributed by atoms with Crippen LogP contribution in [0.4, 0.5) is 13.2 Å². The molecule has 120 valence electrons. The Morgan fingerprint density at radius 3 is 2.68 bits per heavy atom. The molecule has 1 heterocycles. The van der Waals surface area contributed by atoms with Gasteiger partial charge in [-0.1, -0.05) is 42.5 Å². The van der Waals surface area contributed by atoms with Crippen LogP contribution >= 0.6 is 0 Å². The summed E-state index contributed by atoms with van der Waals surface area (Å²) in [7, 11) is 0. The van der Waals surface area contributed by atoms with E-state index in [1.807, 2.05) is 42.5 Å². The number of amides is 1. The third-order valence-electron chi connectivity index (χ3n) is 3.87. The molecule has 22 heavy (non-hydrogen) atoms. The number of allylic oxidation sites excluding steroid dienone is 1. The van der Waals surface area contributed by atoms with Crippen LogP contribution in [0.5, 0.6) is 0 Å². The van der Waals surface area contributed by atoms with Gasteiger partial charge in [-0.3, -0.25) is 4.79 Å². The lowest BCUT2D eigenvalue weighted by molar-refractivity contribution is -0.188. The Kier molecular flexibility index (Phi) is 5.63. The fourth-order valence-electron chi connectivity index (χ4n) is 2.62. The first-order valence-electron chi connectivity index (χ1n) is 7.53. The third kappa shape index (κ3) is 4.90. The maximum Gasteiger partial charge on any atom is 0.393 e. The van der Waals surface area contributed by atoms with Gasteiger partial charge in [0.15, 0.2) is 0 Å². The Morgan fingerprint density at radius 2 is 2.00 bits per heavy atom. The minimum atomic E-state index is -4.20. The number of likely N-dealkylation sites (tertiary alicyclic amines) is 1. The van der Waals surface area contributed by atoms with Crippen molar-refractivity contribution in [1.82, 2.24) is 4.90 Å². The minimum absolute atomic E-state index is 0.126. The maximum atomic E-state index is 12.7. The highest BCUT2D eigenvalue weighted by atomic mass is 19.4. The van der Waals surface area contributed by atoms with Gasteiger partial charge in [0.05, 0.1) is 5.92 Å². The van der Waals surface area contributed by atoms with Crippen molar-refractivity contribution in [2.24, 2.45) is 5.92 Å². The first kappa shape index (κ1) is 16.6. The van der Waals surface area contributed by atoms with E-state index in [1.165, 1.54) is 4.90 Å². The van der Waals surface area contributed by atoms with E-state index in [-0.39, 0.29) is 25.3 Å². The molecule has 5 heteroatoms. The van der Waals surface area contributed by atoms with Crippen LogP contribution in [0.1, 0.15) is 31.2 Å². The van der Waals surface area contributed by atoms with E-state index in [9.17, 15) is 18.0 Å². The van der Waals surface area contributed by atoms with Crippen LogP contribution in [-0.2, 0) is 4.79 Å². The van der Waals surface area contributed by atoms with Gasteiger partial charge in [-0.05, 0) is 24.8 Å². The molecule has 1 aliphatic rings. The lowest BCUT2D eigenvalue weighted by Gasteiger charge is -2.33. The Balaban J connectivity index is 1.78.